The number of nitrogens with one attached hydrogen (secondary N) is 2. The number of anilines is 1. The van der Waals surface area contributed by atoms with Gasteiger partial charge in [-0.2, -0.15) is 0 Å². The van der Waals surface area contributed by atoms with Crippen LogP contribution in [-0.4, -0.2) is 37.1 Å². The Hall–Kier alpha value is -1.05. The van der Waals surface area contributed by atoms with E-state index in [1.54, 1.807) is 7.05 Å². The van der Waals surface area contributed by atoms with Gasteiger partial charge in [0.25, 0.3) is 0 Å². The summed E-state index contributed by atoms with van der Waals surface area (Å²) in [5, 5.41) is 6.69. The molecule has 2 rings (SSSR count). The van der Waals surface area contributed by atoms with Crippen molar-refractivity contribution in [3.63, 3.8) is 0 Å². The topological polar surface area (TPSA) is 52.5 Å². The Morgan fingerprint density at radius 1 is 1.33 bits per heavy atom. The first-order chi connectivity index (χ1) is 9.76. The van der Waals surface area contributed by atoms with Gasteiger partial charge in [0, 0.05) is 38.9 Å². The minimum atomic E-state index is 0. The number of guanidine groups is 1. The second kappa shape index (κ2) is 9.07. The van der Waals surface area contributed by atoms with Gasteiger partial charge in [-0.1, -0.05) is 6.07 Å². The van der Waals surface area contributed by atoms with Crippen molar-refractivity contribution in [2.45, 2.75) is 39.3 Å². The Bertz CT molecular complexity index is 438. The third-order valence-corrected chi connectivity index (χ3v) is 3.50. The van der Waals surface area contributed by atoms with E-state index in [2.05, 4.69) is 51.5 Å². The Morgan fingerprint density at radius 3 is 2.52 bits per heavy atom. The summed E-state index contributed by atoms with van der Waals surface area (Å²) in [6, 6.07) is 4.82. The van der Waals surface area contributed by atoms with Gasteiger partial charge in [0.05, 0.1) is 0 Å². The second-order valence-electron chi connectivity index (χ2n) is 5.04. The van der Waals surface area contributed by atoms with Crippen LogP contribution < -0.4 is 15.5 Å². The van der Waals surface area contributed by atoms with Crippen molar-refractivity contribution < 1.29 is 0 Å². The van der Waals surface area contributed by atoms with Crippen LogP contribution in [0.1, 0.15) is 32.3 Å². The molecule has 0 atom stereocenters. The summed E-state index contributed by atoms with van der Waals surface area (Å²) in [4.78, 5) is 11.0. The molecule has 21 heavy (non-hydrogen) atoms. The fourth-order valence-electron chi connectivity index (χ4n) is 2.06. The van der Waals surface area contributed by atoms with Gasteiger partial charge in [-0.3, -0.25) is 4.99 Å². The Labute approximate surface area is 144 Å². The SMILES string of the molecule is CCN(CC)c1ccc(CNC(=NC)NC2CC2)cn1.I. The summed E-state index contributed by atoms with van der Waals surface area (Å²) in [7, 11) is 1.80. The number of aromatic nitrogens is 1. The fraction of sp³-hybridized carbons (Fsp3) is 0.600. The zero-order chi connectivity index (χ0) is 14.4. The van der Waals surface area contributed by atoms with Gasteiger partial charge in [0.2, 0.25) is 0 Å². The molecule has 2 N–H and O–H groups in total. The first-order valence-electron chi connectivity index (χ1n) is 7.43. The highest BCUT2D eigenvalue weighted by atomic mass is 127. The van der Waals surface area contributed by atoms with Crippen LogP contribution >= 0.6 is 24.0 Å². The molecule has 118 valence electrons. The normalized spacial score (nSPS) is 14.3. The lowest BCUT2D eigenvalue weighted by Crippen LogP contribution is -2.38. The average Bonchev–Trinajstić information content (AvgIpc) is 3.30. The number of hydrogen-bond acceptors (Lipinski definition) is 3. The Kier molecular flexibility index (Phi) is 7.77. The highest BCUT2D eigenvalue weighted by molar-refractivity contribution is 14.0. The third kappa shape index (κ3) is 5.68. The van der Waals surface area contributed by atoms with Crippen LogP contribution in [0.5, 0.6) is 0 Å². The van der Waals surface area contributed by atoms with Gasteiger partial charge in [-0.05, 0) is 38.3 Å². The van der Waals surface area contributed by atoms with Gasteiger partial charge < -0.3 is 15.5 Å². The summed E-state index contributed by atoms with van der Waals surface area (Å²) in [5.41, 5.74) is 1.17. The minimum absolute atomic E-state index is 0. The molecule has 5 nitrogen and oxygen atoms in total. The monoisotopic (exact) mass is 403 g/mol. The first-order valence-corrected chi connectivity index (χ1v) is 7.43. The molecule has 0 radical (unpaired) electrons. The molecule has 0 aliphatic heterocycles. The predicted octanol–water partition coefficient (Wildman–Crippen LogP) is 2.37. The molecule has 1 heterocycles. The molecule has 1 aromatic rings. The maximum absolute atomic E-state index is 4.52. The largest absolute Gasteiger partial charge is 0.357 e. The van der Waals surface area contributed by atoms with Crippen LogP contribution in [0, 0.1) is 0 Å². The summed E-state index contributed by atoms with van der Waals surface area (Å²) in [6.45, 7) is 7.01. The van der Waals surface area contributed by atoms with E-state index in [-0.39, 0.29) is 24.0 Å². The maximum Gasteiger partial charge on any atom is 0.191 e. The molecular formula is C15H26IN5. The summed E-state index contributed by atoms with van der Waals surface area (Å²) >= 11 is 0. The molecule has 0 spiro atoms. The van der Waals surface area contributed by atoms with Gasteiger partial charge in [0.1, 0.15) is 5.82 Å². The number of aliphatic imine (C=N–C) groups is 1. The molecule has 1 aromatic heterocycles. The summed E-state index contributed by atoms with van der Waals surface area (Å²) in [5.74, 6) is 1.92. The van der Waals surface area contributed by atoms with E-state index in [1.807, 2.05) is 6.20 Å². The molecule has 0 aromatic carbocycles. The summed E-state index contributed by atoms with van der Waals surface area (Å²) in [6.07, 6.45) is 4.44. The number of halogens is 1. The van der Waals surface area contributed by atoms with Crippen LogP contribution in [0.3, 0.4) is 0 Å². The lowest BCUT2D eigenvalue weighted by atomic mass is 10.2. The van der Waals surface area contributed by atoms with Gasteiger partial charge in [0.15, 0.2) is 5.96 Å². The van der Waals surface area contributed by atoms with Crippen molar-refractivity contribution >= 4 is 35.8 Å². The smallest absolute Gasteiger partial charge is 0.191 e. The van der Waals surface area contributed by atoms with Crippen LogP contribution in [0.15, 0.2) is 23.3 Å². The number of rotatable bonds is 6. The zero-order valence-electron chi connectivity index (χ0n) is 13.1. The van der Waals surface area contributed by atoms with Crippen molar-refractivity contribution in [1.82, 2.24) is 15.6 Å². The molecular weight excluding hydrogens is 377 g/mol. The zero-order valence-corrected chi connectivity index (χ0v) is 15.4. The predicted molar refractivity (Wildman–Crippen MR) is 99.6 cm³/mol. The number of hydrogen-bond donors (Lipinski definition) is 2. The molecule has 0 saturated heterocycles. The van der Waals surface area contributed by atoms with Gasteiger partial charge >= 0.3 is 0 Å². The molecule has 6 heteroatoms. The van der Waals surface area contributed by atoms with Crippen molar-refractivity contribution in [2.24, 2.45) is 4.99 Å². The van der Waals surface area contributed by atoms with E-state index in [4.69, 9.17) is 0 Å². The molecule has 1 saturated carbocycles. The molecule has 0 unspecified atom stereocenters. The van der Waals surface area contributed by atoms with E-state index in [9.17, 15) is 0 Å². The molecule has 0 bridgehead atoms. The lowest BCUT2D eigenvalue weighted by molar-refractivity contribution is 0.800. The quantitative estimate of drug-likeness (QED) is 0.435. The van der Waals surface area contributed by atoms with E-state index < -0.39 is 0 Å². The van der Waals surface area contributed by atoms with Crippen molar-refractivity contribution in [2.75, 3.05) is 25.0 Å². The van der Waals surface area contributed by atoms with Gasteiger partial charge in [-0.15, -0.1) is 24.0 Å². The van der Waals surface area contributed by atoms with Crippen molar-refractivity contribution in [3.8, 4) is 0 Å². The van der Waals surface area contributed by atoms with Crippen molar-refractivity contribution in [3.05, 3.63) is 23.9 Å². The number of nitrogens with zero attached hydrogens (tertiary/aromatic N) is 3. The van der Waals surface area contributed by atoms with Crippen LogP contribution in [0.2, 0.25) is 0 Å². The minimum Gasteiger partial charge on any atom is -0.357 e. The highest BCUT2D eigenvalue weighted by Gasteiger charge is 2.21. The van der Waals surface area contributed by atoms with Gasteiger partial charge in [-0.25, -0.2) is 4.98 Å². The van der Waals surface area contributed by atoms with Crippen molar-refractivity contribution in [1.29, 1.82) is 0 Å². The first kappa shape index (κ1) is 18.0. The molecule has 1 aliphatic carbocycles. The molecule has 0 amide bonds. The summed E-state index contributed by atoms with van der Waals surface area (Å²) < 4.78 is 0. The Morgan fingerprint density at radius 2 is 2.05 bits per heavy atom. The molecule has 1 fully saturated rings. The van der Waals surface area contributed by atoms with E-state index in [0.29, 0.717) is 6.04 Å². The standard InChI is InChI=1S/C15H25N5.HI/c1-4-20(5-2)14-9-6-12(10-17-14)11-18-15(16-3)19-13-7-8-13;/h6,9-10,13H,4-5,7-8,11H2,1-3H3,(H2,16,18,19);1H. The fourth-order valence-corrected chi connectivity index (χ4v) is 2.06. The van der Waals surface area contributed by atoms with Crippen LogP contribution in [0.4, 0.5) is 5.82 Å². The highest BCUT2D eigenvalue weighted by Crippen LogP contribution is 2.18. The maximum atomic E-state index is 4.52. The van der Waals surface area contributed by atoms with Crippen LogP contribution in [0.25, 0.3) is 0 Å². The second-order valence-corrected chi connectivity index (χ2v) is 5.04. The van der Waals surface area contributed by atoms with E-state index in [1.165, 1.54) is 18.4 Å². The lowest BCUT2D eigenvalue weighted by Gasteiger charge is -2.19. The molecule has 1 aliphatic rings. The van der Waals surface area contributed by atoms with E-state index >= 15 is 0 Å². The average molecular weight is 403 g/mol. The number of pyridine rings is 1. The third-order valence-electron chi connectivity index (χ3n) is 3.50. The van der Waals surface area contributed by atoms with E-state index in [0.717, 1.165) is 31.4 Å². The van der Waals surface area contributed by atoms with Crippen LogP contribution in [-0.2, 0) is 6.54 Å². The Balaban J connectivity index is 0.00000220.